The summed E-state index contributed by atoms with van der Waals surface area (Å²) in [5.41, 5.74) is 0.651. The fourth-order valence-electron chi connectivity index (χ4n) is 1.59. The predicted octanol–water partition coefficient (Wildman–Crippen LogP) is 2.51. The molecule has 0 spiro atoms. The Morgan fingerprint density at radius 3 is 2.63 bits per heavy atom. The topological polar surface area (TPSA) is 59.2 Å². The van der Waals surface area contributed by atoms with E-state index in [4.69, 9.17) is 4.52 Å². The van der Waals surface area contributed by atoms with Gasteiger partial charge in [-0.3, -0.25) is 4.79 Å². The van der Waals surface area contributed by atoms with Crippen molar-refractivity contribution in [2.75, 3.05) is 7.05 Å². The average Bonchev–Trinajstić information content (AvgIpc) is 2.86. The van der Waals surface area contributed by atoms with Crippen LogP contribution in [0.2, 0.25) is 0 Å². The standard InChI is InChI=1S/C13H14IN3O2/c1-3-11-15-12(19-16-11)8-17(2)13(18)9-4-6-10(14)7-5-9/h4-7H,3,8H2,1-2H3. The minimum absolute atomic E-state index is 0.0624. The Kier molecular flexibility index (Phi) is 4.52. The lowest BCUT2D eigenvalue weighted by Crippen LogP contribution is -2.26. The zero-order valence-electron chi connectivity index (χ0n) is 10.8. The molecular formula is C13H14IN3O2. The van der Waals surface area contributed by atoms with Crippen LogP contribution in [0.3, 0.4) is 0 Å². The van der Waals surface area contributed by atoms with Gasteiger partial charge in [-0.25, -0.2) is 0 Å². The highest BCUT2D eigenvalue weighted by molar-refractivity contribution is 14.1. The summed E-state index contributed by atoms with van der Waals surface area (Å²) in [6.07, 6.45) is 0.721. The Balaban J connectivity index is 2.04. The number of benzene rings is 1. The number of nitrogens with zero attached hydrogens (tertiary/aromatic N) is 3. The molecule has 0 saturated heterocycles. The van der Waals surface area contributed by atoms with Crippen molar-refractivity contribution in [3.63, 3.8) is 0 Å². The monoisotopic (exact) mass is 371 g/mol. The van der Waals surface area contributed by atoms with Crippen molar-refractivity contribution in [2.45, 2.75) is 19.9 Å². The quantitative estimate of drug-likeness (QED) is 0.775. The Morgan fingerprint density at radius 1 is 1.37 bits per heavy atom. The molecule has 100 valence electrons. The molecule has 0 fully saturated rings. The number of hydrogen-bond donors (Lipinski definition) is 0. The SMILES string of the molecule is CCc1noc(CN(C)C(=O)c2ccc(I)cc2)n1. The number of carbonyl (C=O) groups excluding carboxylic acids is 1. The summed E-state index contributed by atoms with van der Waals surface area (Å²) in [7, 11) is 1.72. The highest BCUT2D eigenvalue weighted by Crippen LogP contribution is 2.10. The van der Waals surface area contributed by atoms with Crippen LogP contribution in [-0.2, 0) is 13.0 Å². The fraction of sp³-hybridized carbons (Fsp3) is 0.308. The molecule has 0 radical (unpaired) electrons. The van der Waals surface area contributed by atoms with E-state index in [1.807, 2.05) is 31.2 Å². The number of rotatable bonds is 4. The summed E-state index contributed by atoms with van der Waals surface area (Å²) in [6.45, 7) is 2.27. The minimum Gasteiger partial charge on any atom is -0.337 e. The first kappa shape index (κ1) is 14.0. The van der Waals surface area contributed by atoms with E-state index in [1.165, 1.54) is 0 Å². The molecule has 1 aromatic heterocycles. The normalized spacial score (nSPS) is 10.5. The Hall–Kier alpha value is -1.44. The number of aromatic nitrogens is 2. The Labute approximate surface area is 125 Å². The van der Waals surface area contributed by atoms with Gasteiger partial charge in [0.25, 0.3) is 5.91 Å². The van der Waals surface area contributed by atoms with Crippen molar-refractivity contribution < 1.29 is 9.32 Å². The van der Waals surface area contributed by atoms with E-state index in [0.717, 1.165) is 9.99 Å². The molecule has 0 aliphatic carbocycles. The van der Waals surface area contributed by atoms with Crippen LogP contribution in [0, 0.1) is 3.57 Å². The second-order valence-electron chi connectivity index (χ2n) is 4.13. The molecule has 0 bridgehead atoms. The van der Waals surface area contributed by atoms with Crippen molar-refractivity contribution in [2.24, 2.45) is 0 Å². The van der Waals surface area contributed by atoms with Crippen LogP contribution < -0.4 is 0 Å². The lowest BCUT2D eigenvalue weighted by molar-refractivity contribution is 0.0769. The van der Waals surface area contributed by atoms with Gasteiger partial charge in [-0.2, -0.15) is 4.98 Å². The van der Waals surface area contributed by atoms with E-state index in [1.54, 1.807) is 11.9 Å². The summed E-state index contributed by atoms with van der Waals surface area (Å²) in [4.78, 5) is 17.9. The zero-order chi connectivity index (χ0) is 13.8. The molecule has 1 heterocycles. The summed E-state index contributed by atoms with van der Waals surface area (Å²) < 4.78 is 6.17. The molecule has 0 N–H and O–H groups in total. The van der Waals surface area contributed by atoms with Gasteiger partial charge in [0.2, 0.25) is 5.89 Å². The molecule has 2 aromatic rings. The van der Waals surface area contributed by atoms with Crippen LogP contribution >= 0.6 is 22.6 Å². The van der Waals surface area contributed by atoms with Gasteiger partial charge < -0.3 is 9.42 Å². The zero-order valence-corrected chi connectivity index (χ0v) is 12.9. The van der Waals surface area contributed by atoms with Crippen LogP contribution in [0.5, 0.6) is 0 Å². The Bertz CT molecular complexity index is 566. The van der Waals surface area contributed by atoms with E-state index in [9.17, 15) is 4.79 Å². The largest absolute Gasteiger partial charge is 0.337 e. The van der Waals surface area contributed by atoms with Gasteiger partial charge in [0.1, 0.15) is 0 Å². The van der Waals surface area contributed by atoms with E-state index in [-0.39, 0.29) is 5.91 Å². The molecular weight excluding hydrogens is 357 g/mol. The number of amides is 1. The predicted molar refractivity (Wildman–Crippen MR) is 78.6 cm³/mol. The summed E-state index contributed by atoms with van der Waals surface area (Å²) in [5, 5.41) is 3.81. The number of aryl methyl sites for hydroxylation is 1. The summed E-state index contributed by atoms with van der Waals surface area (Å²) >= 11 is 2.20. The lowest BCUT2D eigenvalue weighted by atomic mass is 10.2. The third-order valence-electron chi connectivity index (χ3n) is 2.64. The van der Waals surface area contributed by atoms with Crippen LogP contribution in [0.4, 0.5) is 0 Å². The van der Waals surface area contributed by atoms with Gasteiger partial charge in [0.15, 0.2) is 5.82 Å². The van der Waals surface area contributed by atoms with Crippen LogP contribution in [-0.4, -0.2) is 28.0 Å². The van der Waals surface area contributed by atoms with Crippen molar-refractivity contribution in [3.05, 3.63) is 45.1 Å². The highest BCUT2D eigenvalue weighted by Gasteiger charge is 2.15. The van der Waals surface area contributed by atoms with Gasteiger partial charge in [-0.05, 0) is 46.9 Å². The highest BCUT2D eigenvalue weighted by atomic mass is 127. The third-order valence-corrected chi connectivity index (χ3v) is 3.36. The average molecular weight is 371 g/mol. The van der Waals surface area contributed by atoms with Crippen LogP contribution in [0.25, 0.3) is 0 Å². The molecule has 0 saturated carbocycles. The molecule has 0 unspecified atom stereocenters. The molecule has 0 aliphatic heterocycles. The van der Waals surface area contributed by atoms with Gasteiger partial charge in [0.05, 0.1) is 6.54 Å². The van der Waals surface area contributed by atoms with Crippen LogP contribution in [0.15, 0.2) is 28.8 Å². The van der Waals surface area contributed by atoms with Crippen molar-refractivity contribution in [1.82, 2.24) is 15.0 Å². The maximum Gasteiger partial charge on any atom is 0.254 e. The third kappa shape index (κ3) is 3.52. The first-order chi connectivity index (χ1) is 9.10. The van der Waals surface area contributed by atoms with Crippen LogP contribution in [0.1, 0.15) is 29.0 Å². The molecule has 0 aliphatic rings. The molecule has 19 heavy (non-hydrogen) atoms. The summed E-state index contributed by atoms with van der Waals surface area (Å²) in [5.74, 6) is 1.05. The number of carbonyl (C=O) groups is 1. The maximum absolute atomic E-state index is 12.2. The van der Waals surface area contributed by atoms with E-state index in [0.29, 0.717) is 23.8 Å². The number of halogens is 1. The van der Waals surface area contributed by atoms with E-state index >= 15 is 0 Å². The second kappa shape index (κ2) is 6.14. The molecule has 0 atom stereocenters. The molecule has 2 rings (SSSR count). The molecule has 1 aromatic carbocycles. The van der Waals surface area contributed by atoms with E-state index in [2.05, 4.69) is 32.7 Å². The fourth-order valence-corrected chi connectivity index (χ4v) is 1.95. The second-order valence-corrected chi connectivity index (χ2v) is 5.37. The van der Waals surface area contributed by atoms with Gasteiger partial charge in [-0.15, -0.1) is 0 Å². The Morgan fingerprint density at radius 2 is 2.05 bits per heavy atom. The maximum atomic E-state index is 12.2. The van der Waals surface area contributed by atoms with Crippen molar-refractivity contribution in [1.29, 1.82) is 0 Å². The number of hydrogen-bond acceptors (Lipinski definition) is 4. The lowest BCUT2D eigenvalue weighted by Gasteiger charge is -2.14. The van der Waals surface area contributed by atoms with E-state index < -0.39 is 0 Å². The molecule has 6 heteroatoms. The molecule has 5 nitrogen and oxygen atoms in total. The molecule has 1 amide bonds. The van der Waals surface area contributed by atoms with Gasteiger partial charge in [0, 0.05) is 22.6 Å². The minimum atomic E-state index is -0.0624. The summed E-state index contributed by atoms with van der Waals surface area (Å²) in [6, 6.07) is 7.44. The van der Waals surface area contributed by atoms with Crippen molar-refractivity contribution in [3.8, 4) is 0 Å². The smallest absolute Gasteiger partial charge is 0.254 e. The first-order valence-electron chi connectivity index (χ1n) is 5.92. The first-order valence-corrected chi connectivity index (χ1v) is 7.00. The van der Waals surface area contributed by atoms with Gasteiger partial charge in [-0.1, -0.05) is 12.1 Å². The van der Waals surface area contributed by atoms with Crippen molar-refractivity contribution >= 4 is 28.5 Å². The van der Waals surface area contributed by atoms with Gasteiger partial charge >= 0.3 is 0 Å².